The topological polar surface area (TPSA) is 108 Å². The van der Waals surface area contributed by atoms with Gasteiger partial charge in [-0.3, -0.25) is 4.79 Å². The van der Waals surface area contributed by atoms with Crippen LogP contribution >= 0.6 is 11.6 Å². The highest BCUT2D eigenvalue weighted by atomic mass is 35.5. The number of Topliss-reactive ketones (excluding diaryl/α,β-unsaturated/α-hetero) is 1. The summed E-state index contributed by atoms with van der Waals surface area (Å²) in [5.74, 6) is 0.572. The summed E-state index contributed by atoms with van der Waals surface area (Å²) in [6, 6.07) is 14.9. The standard InChI is InChI=1S/C33H31ClFN3O4/c1-32(36)17-41-31-24(32)16-27(37-30(31)18-2-7-22(35)8-3-18)33(40,21-5-6-21)13-12-25(39)20-14-19-4-11-28(34)38-29(19)26(15-20)42-23-9-10-23/h2-4,7-8,11,14-16,21,23,40H,5-6,9-10,12-13,17,36H2,1H3/t32-,33+/m0/s1. The minimum atomic E-state index is -1.35. The van der Waals surface area contributed by atoms with E-state index >= 15 is 0 Å². The molecule has 2 atom stereocenters. The molecule has 216 valence electrons. The fourth-order valence-electron chi connectivity index (χ4n) is 5.77. The van der Waals surface area contributed by atoms with E-state index in [1.807, 2.05) is 19.1 Å². The molecule has 0 bridgehead atoms. The van der Waals surface area contributed by atoms with Crippen LogP contribution in [-0.2, 0) is 11.1 Å². The molecule has 0 amide bonds. The second-order valence-corrected chi connectivity index (χ2v) is 12.5. The van der Waals surface area contributed by atoms with Crippen LogP contribution in [0.25, 0.3) is 22.2 Å². The predicted octanol–water partition coefficient (Wildman–Crippen LogP) is 6.46. The Bertz CT molecular complexity index is 1720. The van der Waals surface area contributed by atoms with E-state index in [1.165, 1.54) is 12.1 Å². The molecule has 3 N–H and O–H groups in total. The number of pyridine rings is 2. The SMILES string of the molecule is C[C@]1(N)COc2c1cc([C@@](O)(CCC(=O)c1cc(OC3CC3)c3nc(Cl)ccc3c1)C1CC1)nc2-c1ccc(F)cc1. The van der Waals surface area contributed by atoms with Gasteiger partial charge in [-0.25, -0.2) is 14.4 Å². The molecule has 0 unspecified atom stereocenters. The molecule has 2 aromatic carbocycles. The molecule has 7 rings (SSSR count). The lowest BCUT2D eigenvalue weighted by Crippen LogP contribution is -2.35. The third-order valence-corrected chi connectivity index (χ3v) is 8.73. The monoisotopic (exact) mass is 587 g/mol. The first-order valence-corrected chi connectivity index (χ1v) is 14.7. The summed E-state index contributed by atoms with van der Waals surface area (Å²) in [5.41, 5.74) is 7.94. The van der Waals surface area contributed by atoms with Gasteiger partial charge in [-0.1, -0.05) is 11.6 Å². The van der Waals surface area contributed by atoms with Gasteiger partial charge in [-0.2, -0.15) is 0 Å². The van der Waals surface area contributed by atoms with Gasteiger partial charge in [-0.15, -0.1) is 0 Å². The summed E-state index contributed by atoms with van der Waals surface area (Å²) in [5, 5.41) is 13.3. The molecule has 0 saturated heterocycles. The number of nitrogens with two attached hydrogens (primary N) is 1. The van der Waals surface area contributed by atoms with Crippen molar-refractivity contribution in [3.63, 3.8) is 0 Å². The molecule has 9 heteroatoms. The Hall–Kier alpha value is -3.59. The lowest BCUT2D eigenvalue weighted by Gasteiger charge is -2.29. The van der Waals surface area contributed by atoms with Crippen molar-refractivity contribution < 1.29 is 23.8 Å². The smallest absolute Gasteiger partial charge is 0.163 e. The Kier molecular flexibility index (Phi) is 6.49. The highest BCUT2D eigenvalue weighted by molar-refractivity contribution is 6.29. The van der Waals surface area contributed by atoms with Crippen molar-refractivity contribution in [3.8, 4) is 22.8 Å². The van der Waals surface area contributed by atoms with Crippen LogP contribution in [-0.4, -0.2) is 33.6 Å². The molecule has 3 heterocycles. The summed E-state index contributed by atoms with van der Waals surface area (Å²) in [6.07, 6.45) is 4.00. The molecule has 0 radical (unpaired) electrons. The molecular formula is C33H31ClFN3O4. The van der Waals surface area contributed by atoms with Gasteiger partial charge in [0.15, 0.2) is 11.5 Å². The van der Waals surface area contributed by atoms with Crippen molar-refractivity contribution in [3.05, 3.63) is 82.4 Å². The zero-order valence-electron chi connectivity index (χ0n) is 23.2. The quantitative estimate of drug-likeness (QED) is 0.171. The second kappa shape index (κ2) is 10.0. The highest BCUT2D eigenvalue weighted by Gasteiger charge is 2.48. The summed E-state index contributed by atoms with van der Waals surface area (Å²) in [6.45, 7) is 2.13. The van der Waals surface area contributed by atoms with Crippen LogP contribution in [0.4, 0.5) is 4.39 Å². The number of rotatable bonds is 9. The molecule has 1 aliphatic heterocycles. The van der Waals surface area contributed by atoms with Crippen LogP contribution in [0, 0.1) is 11.7 Å². The van der Waals surface area contributed by atoms with E-state index < -0.39 is 11.1 Å². The van der Waals surface area contributed by atoms with E-state index in [2.05, 4.69) is 4.98 Å². The summed E-state index contributed by atoms with van der Waals surface area (Å²) in [4.78, 5) is 23.0. The Labute approximate surface area is 247 Å². The average Bonchev–Trinajstić information content (AvgIpc) is 3.91. The van der Waals surface area contributed by atoms with Gasteiger partial charge in [0.05, 0.1) is 17.3 Å². The zero-order chi connectivity index (χ0) is 29.2. The van der Waals surface area contributed by atoms with E-state index in [0.717, 1.165) is 36.6 Å². The maximum atomic E-state index is 13.7. The molecule has 42 heavy (non-hydrogen) atoms. The Morgan fingerprint density at radius 3 is 2.62 bits per heavy atom. The van der Waals surface area contributed by atoms with E-state index in [0.29, 0.717) is 44.7 Å². The molecule has 7 nitrogen and oxygen atoms in total. The first-order valence-electron chi connectivity index (χ1n) is 14.4. The number of hydrogen-bond acceptors (Lipinski definition) is 7. The minimum absolute atomic E-state index is 0.0417. The number of ketones is 1. The van der Waals surface area contributed by atoms with E-state index in [9.17, 15) is 14.3 Å². The number of ether oxygens (including phenoxy) is 2. The van der Waals surface area contributed by atoms with Crippen molar-refractivity contribution in [2.75, 3.05) is 6.61 Å². The van der Waals surface area contributed by atoms with Crippen LogP contribution < -0.4 is 15.2 Å². The molecule has 2 aromatic heterocycles. The van der Waals surface area contributed by atoms with Crippen LogP contribution in [0.3, 0.4) is 0 Å². The van der Waals surface area contributed by atoms with E-state index in [1.54, 1.807) is 30.3 Å². The fraction of sp³-hybridized carbons (Fsp3) is 0.364. The van der Waals surface area contributed by atoms with Gasteiger partial charge < -0.3 is 20.3 Å². The lowest BCUT2D eigenvalue weighted by atomic mass is 9.83. The van der Waals surface area contributed by atoms with Gasteiger partial charge in [0.1, 0.15) is 40.1 Å². The number of halogens is 2. The molecular weight excluding hydrogens is 557 g/mol. The number of carbonyl (C=O) groups excluding carboxylic acids is 1. The Morgan fingerprint density at radius 1 is 1.14 bits per heavy atom. The van der Waals surface area contributed by atoms with Gasteiger partial charge >= 0.3 is 0 Å². The van der Waals surface area contributed by atoms with Gasteiger partial charge in [0, 0.05) is 28.5 Å². The van der Waals surface area contributed by atoms with Crippen LogP contribution in [0.15, 0.2) is 54.6 Å². The lowest BCUT2D eigenvalue weighted by molar-refractivity contribution is -0.00116. The molecule has 2 saturated carbocycles. The summed E-state index contributed by atoms with van der Waals surface area (Å²) >= 11 is 6.15. The molecule has 0 spiro atoms. The van der Waals surface area contributed by atoms with E-state index in [-0.39, 0.29) is 43.1 Å². The van der Waals surface area contributed by atoms with Crippen molar-refractivity contribution in [2.45, 2.75) is 62.7 Å². The van der Waals surface area contributed by atoms with Gasteiger partial charge in [0.25, 0.3) is 0 Å². The Morgan fingerprint density at radius 2 is 1.90 bits per heavy atom. The third-order valence-electron chi connectivity index (χ3n) is 8.52. The van der Waals surface area contributed by atoms with Gasteiger partial charge in [-0.05, 0) is 99.5 Å². The number of nitrogens with zero attached hydrogens (tertiary/aromatic N) is 2. The fourth-order valence-corrected chi connectivity index (χ4v) is 5.92. The normalized spacial score (nSPS) is 21.1. The first kappa shape index (κ1) is 27.3. The van der Waals surface area contributed by atoms with E-state index in [4.69, 9.17) is 31.8 Å². The number of carbonyl (C=O) groups is 1. The van der Waals surface area contributed by atoms with Crippen LogP contribution in [0.1, 0.15) is 67.1 Å². The first-order chi connectivity index (χ1) is 20.1. The second-order valence-electron chi connectivity index (χ2n) is 12.1. The zero-order valence-corrected chi connectivity index (χ0v) is 24.0. The summed E-state index contributed by atoms with van der Waals surface area (Å²) in [7, 11) is 0. The number of fused-ring (bicyclic) bond motifs is 2. The number of aromatic nitrogens is 2. The van der Waals surface area contributed by atoms with Crippen LogP contribution in [0.2, 0.25) is 5.15 Å². The maximum Gasteiger partial charge on any atom is 0.163 e. The highest BCUT2D eigenvalue weighted by Crippen LogP contribution is 2.51. The van der Waals surface area contributed by atoms with Crippen LogP contribution in [0.5, 0.6) is 11.5 Å². The van der Waals surface area contributed by atoms with Crippen molar-refractivity contribution in [2.24, 2.45) is 11.7 Å². The predicted molar refractivity (Wildman–Crippen MR) is 157 cm³/mol. The average molecular weight is 588 g/mol. The third kappa shape index (κ3) is 5.02. The number of hydrogen-bond donors (Lipinski definition) is 2. The molecule has 2 fully saturated rings. The molecule has 4 aromatic rings. The molecule has 2 aliphatic carbocycles. The minimum Gasteiger partial charge on any atom is -0.489 e. The van der Waals surface area contributed by atoms with Crippen molar-refractivity contribution in [1.29, 1.82) is 0 Å². The Balaban J connectivity index is 1.23. The number of aliphatic hydroxyl groups is 1. The largest absolute Gasteiger partial charge is 0.489 e. The summed E-state index contributed by atoms with van der Waals surface area (Å²) < 4.78 is 25.8. The molecule has 3 aliphatic rings. The van der Waals surface area contributed by atoms with Crippen molar-refractivity contribution >= 4 is 28.3 Å². The maximum absolute atomic E-state index is 13.7. The van der Waals surface area contributed by atoms with Gasteiger partial charge in [0.2, 0.25) is 0 Å². The van der Waals surface area contributed by atoms with Crippen molar-refractivity contribution in [1.82, 2.24) is 9.97 Å². The number of benzene rings is 2.